The summed E-state index contributed by atoms with van der Waals surface area (Å²) in [6.45, 7) is 2.00. The molecular weight excluding hydrogens is 160 g/mol. The molecule has 2 rings (SSSR count). The normalized spacial score (nSPS) is 55.1. The number of ketones is 1. The maximum Gasteiger partial charge on any atom is 0.136 e. The van der Waals surface area contributed by atoms with E-state index in [-0.39, 0.29) is 5.92 Å². The number of carbonyl (C=O) groups is 1. The second-order valence-electron chi connectivity index (χ2n) is 5.35. The summed E-state index contributed by atoms with van der Waals surface area (Å²) in [5, 5.41) is 0. The van der Waals surface area contributed by atoms with Crippen molar-refractivity contribution in [3.63, 3.8) is 0 Å². The average Bonchev–Trinajstić information content (AvgIpc) is 2.42. The molecule has 1 heteroatoms. The van der Waals surface area contributed by atoms with E-state index >= 15 is 0 Å². The van der Waals surface area contributed by atoms with Crippen LogP contribution in [0.3, 0.4) is 0 Å². The van der Waals surface area contributed by atoms with Crippen LogP contribution in [0, 0.1) is 23.2 Å². The van der Waals surface area contributed by atoms with Gasteiger partial charge in [0.1, 0.15) is 5.78 Å². The minimum atomic E-state index is -1.92. The maximum absolute atomic E-state index is 11.9. The summed E-state index contributed by atoms with van der Waals surface area (Å²) in [5.41, 5.74) is -0.637. The SMILES string of the molecule is [2H]C([2H])([2H])[C@@]1(C)C[C@@H]2C[C@@H](C)CC(=O)[C@H]2C1. The summed E-state index contributed by atoms with van der Waals surface area (Å²) in [6.07, 6.45) is 2.95. The molecular formula is C12H20O. The highest BCUT2D eigenvalue weighted by molar-refractivity contribution is 5.82. The van der Waals surface area contributed by atoms with E-state index in [1.807, 2.05) is 6.92 Å². The maximum atomic E-state index is 11.9. The van der Waals surface area contributed by atoms with Gasteiger partial charge in [-0.15, -0.1) is 0 Å². The van der Waals surface area contributed by atoms with Crippen LogP contribution in [0.1, 0.15) is 50.5 Å². The first-order valence-corrected chi connectivity index (χ1v) is 5.26. The smallest absolute Gasteiger partial charge is 0.136 e. The van der Waals surface area contributed by atoms with Crippen LogP contribution in [0.15, 0.2) is 0 Å². The minimum absolute atomic E-state index is 0.0293. The van der Waals surface area contributed by atoms with Crippen LogP contribution in [-0.2, 0) is 4.79 Å². The lowest BCUT2D eigenvalue weighted by Crippen LogP contribution is -2.28. The quantitative estimate of drug-likeness (QED) is 0.564. The van der Waals surface area contributed by atoms with Gasteiger partial charge in [-0.1, -0.05) is 20.7 Å². The van der Waals surface area contributed by atoms with Gasteiger partial charge in [-0.25, -0.2) is 0 Å². The van der Waals surface area contributed by atoms with E-state index in [2.05, 4.69) is 6.92 Å². The summed E-state index contributed by atoms with van der Waals surface area (Å²) in [7, 11) is 0. The van der Waals surface area contributed by atoms with E-state index < -0.39 is 12.3 Å². The summed E-state index contributed by atoms with van der Waals surface area (Å²) in [4.78, 5) is 11.9. The lowest BCUT2D eigenvalue weighted by atomic mass is 9.76. The first kappa shape index (κ1) is 6.21. The van der Waals surface area contributed by atoms with Crippen LogP contribution in [0.5, 0.6) is 0 Å². The number of carbonyl (C=O) groups excluding carboxylic acids is 1. The van der Waals surface area contributed by atoms with Crippen molar-refractivity contribution in [3.8, 4) is 0 Å². The van der Waals surface area contributed by atoms with Gasteiger partial charge in [0.05, 0.1) is 0 Å². The third kappa shape index (κ3) is 1.66. The summed E-state index contributed by atoms with van der Waals surface area (Å²) in [5.74, 6) is 1.09. The van der Waals surface area contributed by atoms with Gasteiger partial charge in [-0.2, -0.15) is 0 Å². The number of Topliss-reactive ketones (excluding diaryl/α,β-unsaturated/α-hetero) is 1. The molecule has 2 saturated carbocycles. The van der Waals surface area contributed by atoms with E-state index in [0.29, 0.717) is 36.9 Å². The van der Waals surface area contributed by atoms with Crippen LogP contribution in [0.2, 0.25) is 0 Å². The molecule has 4 atom stereocenters. The standard InChI is InChI=1S/C12H20O/c1-8-4-9-6-12(2,3)7-10(9)11(13)5-8/h8-10H,4-7H2,1-3H3/t8-,9+,10+/m1/s1/i2D3/t8-,9+,10+,12-. The van der Waals surface area contributed by atoms with Gasteiger partial charge in [0.25, 0.3) is 0 Å². The van der Waals surface area contributed by atoms with Crippen molar-refractivity contribution < 1.29 is 8.91 Å². The van der Waals surface area contributed by atoms with Gasteiger partial charge in [-0.3, -0.25) is 4.79 Å². The molecule has 2 aliphatic rings. The molecule has 0 spiro atoms. The van der Waals surface area contributed by atoms with Crippen molar-refractivity contribution in [1.29, 1.82) is 0 Å². The lowest BCUT2D eigenvalue weighted by molar-refractivity contribution is -0.127. The summed E-state index contributed by atoms with van der Waals surface area (Å²) >= 11 is 0. The predicted molar refractivity (Wildman–Crippen MR) is 53.4 cm³/mol. The van der Waals surface area contributed by atoms with Crippen molar-refractivity contribution in [2.45, 2.75) is 46.4 Å². The molecule has 1 nitrogen and oxygen atoms in total. The average molecular weight is 183 g/mol. The zero-order chi connectivity index (χ0) is 12.1. The molecule has 0 unspecified atom stereocenters. The third-order valence-electron chi connectivity index (χ3n) is 3.62. The largest absolute Gasteiger partial charge is 0.299 e. The lowest BCUT2D eigenvalue weighted by Gasteiger charge is -2.28. The molecule has 0 N–H and O–H groups in total. The molecule has 0 aliphatic heterocycles. The third-order valence-corrected chi connectivity index (χ3v) is 3.62. The Labute approximate surface area is 85.1 Å². The topological polar surface area (TPSA) is 17.1 Å². The van der Waals surface area contributed by atoms with E-state index in [4.69, 9.17) is 4.11 Å². The number of hydrogen-bond acceptors (Lipinski definition) is 1. The van der Waals surface area contributed by atoms with E-state index in [9.17, 15) is 4.79 Å². The highest BCUT2D eigenvalue weighted by atomic mass is 16.1. The summed E-state index contributed by atoms with van der Waals surface area (Å²) in [6, 6.07) is 0. The van der Waals surface area contributed by atoms with Crippen LogP contribution in [0.25, 0.3) is 0 Å². The van der Waals surface area contributed by atoms with Gasteiger partial charge in [0.15, 0.2) is 0 Å². The Morgan fingerprint density at radius 1 is 1.54 bits per heavy atom. The Morgan fingerprint density at radius 3 is 3.00 bits per heavy atom. The second kappa shape index (κ2) is 2.83. The van der Waals surface area contributed by atoms with Crippen molar-refractivity contribution in [2.24, 2.45) is 23.2 Å². The molecule has 2 fully saturated rings. The fraction of sp³-hybridized carbons (Fsp3) is 0.917. The number of hydrogen-bond donors (Lipinski definition) is 0. The van der Waals surface area contributed by atoms with Crippen molar-refractivity contribution >= 4 is 5.78 Å². The Morgan fingerprint density at radius 2 is 2.31 bits per heavy atom. The Kier molecular flexibility index (Phi) is 1.35. The van der Waals surface area contributed by atoms with Crippen LogP contribution < -0.4 is 0 Å². The van der Waals surface area contributed by atoms with Crippen molar-refractivity contribution in [3.05, 3.63) is 0 Å². The minimum Gasteiger partial charge on any atom is -0.299 e. The Hall–Kier alpha value is -0.330. The van der Waals surface area contributed by atoms with E-state index in [1.54, 1.807) is 0 Å². The zero-order valence-electron chi connectivity index (χ0n) is 11.5. The molecule has 0 radical (unpaired) electrons. The van der Waals surface area contributed by atoms with Crippen molar-refractivity contribution in [2.75, 3.05) is 0 Å². The second-order valence-corrected chi connectivity index (χ2v) is 5.35. The highest BCUT2D eigenvalue weighted by Crippen LogP contribution is 2.50. The van der Waals surface area contributed by atoms with Crippen LogP contribution in [0.4, 0.5) is 0 Å². The number of rotatable bonds is 0. The van der Waals surface area contributed by atoms with Gasteiger partial charge in [-0.05, 0) is 36.5 Å². The fourth-order valence-corrected chi connectivity index (χ4v) is 3.18. The fourth-order valence-electron chi connectivity index (χ4n) is 3.18. The predicted octanol–water partition coefficient (Wildman–Crippen LogP) is 3.04. The Bertz CT molecular complexity index is 310. The van der Waals surface area contributed by atoms with E-state index in [0.717, 1.165) is 6.42 Å². The van der Waals surface area contributed by atoms with Crippen LogP contribution >= 0.6 is 0 Å². The molecule has 74 valence electrons. The molecule has 13 heavy (non-hydrogen) atoms. The molecule has 2 aliphatic carbocycles. The first-order chi connectivity index (χ1) is 7.23. The molecule has 0 saturated heterocycles. The Balaban J connectivity index is 2.20. The van der Waals surface area contributed by atoms with E-state index in [1.165, 1.54) is 0 Å². The molecule has 0 aromatic heterocycles. The highest BCUT2D eigenvalue weighted by Gasteiger charge is 2.45. The van der Waals surface area contributed by atoms with Gasteiger partial charge >= 0.3 is 0 Å². The van der Waals surface area contributed by atoms with Crippen LogP contribution in [-0.4, -0.2) is 5.78 Å². The summed E-state index contributed by atoms with van der Waals surface area (Å²) < 4.78 is 22.8. The molecule has 0 heterocycles. The zero-order valence-corrected chi connectivity index (χ0v) is 8.47. The molecule has 0 amide bonds. The van der Waals surface area contributed by atoms with Crippen molar-refractivity contribution in [1.82, 2.24) is 0 Å². The first-order valence-electron chi connectivity index (χ1n) is 6.76. The monoisotopic (exact) mass is 183 g/mol. The molecule has 0 aromatic carbocycles. The van der Waals surface area contributed by atoms with Gasteiger partial charge in [0.2, 0.25) is 0 Å². The van der Waals surface area contributed by atoms with Gasteiger partial charge in [0, 0.05) is 16.5 Å². The van der Waals surface area contributed by atoms with Gasteiger partial charge < -0.3 is 0 Å². The molecule has 0 aromatic rings. The number of fused-ring (bicyclic) bond motifs is 1. The molecule has 0 bridgehead atoms.